The number of aromatic nitrogens is 2. The molecule has 0 amide bonds. The summed E-state index contributed by atoms with van der Waals surface area (Å²) in [6.07, 6.45) is 9.57. The fraction of sp³-hybridized carbons (Fsp3) is 0.643. The van der Waals surface area contributed by atoms with Crippen molar-refractivity contribution in [1.29, 1.82) is 0 Å². The summed E-state index contributed by atoms with van der Waals surface area (Å²) >= 11 is 0. The Labute approximate surface area is 103 Å². The molecule has 1 aromatic heterocycles. The van der Waals surface area contributed by atoms with Crippen LogP contribution in [0.25, 0.3) is 0 Å². The minimum atomic E-state index is 0.205. The van der Waals surface area contributed by atoms with E-state index in [0.717, 1.165) is 5.82 Å². The van der Waals surface area contributed by atoms with Gasteiger partial charge in [0.25, 0.3) is 0 Å². The van der Waals surface area contributed by atoms with Crippen molar-refractivity contribution < 1.29 is 4.79 Å². The second kappa shape index (κ2) is 5.89. The van der Waals surface area contributed by atoms with E-state index in [1.54, 1.807) is 6.92 Å². The largest absolute Gasteiger partial charge is 0.300 e. The van der Waals surface area contributed by atoms with Gasteiger partial charge >= 0.3 is 0 Å². The van der Waals surface area contributed by atoms with Gasteiger partial charge in [0.15, 0.2) is 0 Å². The van der Waals surface area contributed by atoms with Gasteiger partial charge in [-0.05, 0) is 25.8 Å². The maximum absolute atomic E-state index is 10.9. The zero-order valence-corrected chi connectivity index (χ0v) is 10.5. The van der Waals surface area contributed by atoms with Crippen molar-refractivity contribution in [3.8, 4) is 0 Å². The van der Waals surface area contributed by atoms with Gasteiger partial charge in [-0.15, -0.1) is 0 Å². The third-order valence-corrected chi connectivity index (χ3v) is 3.45. The van der Waals surface area contributed by atoms with Crippen LogP contribution in [-0.4, -0.2) is 15.8 Å². The van der Waals surface area contributed by atoms with Crippen LogP contribution in [-0.2, 0) is 11.2 Å². The summed E-state index contributed by atoms with van der Waals surface area (Å²) in [5, 5.41) is 0. The number of hydrogen-bond acceptors (Lipinski definition) is 3. The third-order valence-electron chi connectivity index (χ3n) is 3.45. The Kier molecular flexibility index (Phi) is 4.24. The van der Waals surface area contributed by atoms with E-state index >= 15 is 0 Å². The summed E-state index contributed by atoms with van der Waals surface area (Å²) in [6, 6.07) is 2.03. The van der Waals surface area contributed by atoms with Crippen LogP contribution in [0.1, 0.15) is 62.9 Å². The molecule has 0 radical (unpaired) electrons. The number of rotatable bonds is 4. The van der Waals surface area contributed by atoms with Crippen molar-refractivity contribution >= 4 is 5.78 Å². The summed E-state index contributed by atoms with van der Waals surface area (Å²) in [4.78, 5) is 19.8. The molecule has 17 heavy (non-hydrogen) atoms. The zero-order valence-electron chi connectivity index (χ0n) is 10.5. The first kappa shape index (κ1) is 12.2. The van der Waals surface area contributed by atoms with Crippen LogP contribution in [0.5, 0.6) is 0 Å². The van der Waals surface area contributed by atoms with E-state index in [1.165, 1.54) is 37.8 Å². The molecule has 0 saturated heterocycles. The van der Waals surface area contributed by atoms with Gasteiger partial charge in [0, 0.05) is 30.7 Å². The van der Waals surface area contributed by atoms with E-state index in [0.29, 0.717) is 18.8 Å². The number of nitrogens with zero attached hydrogens (tertiary/aromatic N) is 2. The van der Waals surface area contributed by atoms with Crippen molar-refractivity contribution in [3.63, 3.8) is 0 Å². The minimum absolute atomic E-state index is 0.205. The molecule has 0 N–H and O–H groups in total. The number of ketones is 1. The van der Waals surface area contributed by atoms with Crippen molar-refractivity contribution in [1.82, 2.24) is 9.97 Å². The van der Waals surface area contributed by atoms with Crippen LogP contribution in [0.2, 0.25) is 0 Å². The van der Waals surface area contributed by atoms with Gasteiger partial charge in [-0.25, -0.2) is 9.97 Å². The van der Waals surface area contributed by atoms with E-state index in [1.807, 2.05) is 12.3 Å². The van der Waals surface area contributed by atoms with Crippen molar-refractivity contribution in [2.24, 2.45) is 0 Å². The van der Waals surface area contributed by atoms with Gasteiger partial charge in [0.2, 0.25) is 0 Å². The van der Waals surface area contributed by atoms with Gasteiger partial charge in [-0.2, -0.15) is 0 Å². The molecule has 0 bridgehead atoms. The Bertz CT molecular complexity index is 384. The van der Waals surface area contributed by atoms with Crippen molar-refractivity contribution in [2.45, 2.75) is 57.8 Å². The van der Waals surface area contributed by atoms with Gasteiger partial charge < -0.3 is 4.79 Å². The molecule has 1 aromatic rings. The number of aryl methyl sites for hydroxylation is 1. The topological polar surface area (TPSA) is 42.9 Å². The first-order valence-corrected chi connectivity index (χ1v) is 6.57. The molecular formula is C14H20N2O. The Morgan fingerprint density at radius 1 is 1.35 bits per heavy atom. The van der Waals surface area contributed by atoms with E-state index in [4.69, 9.17) is 0 Å². The maximum atomic E-state index is 10.9. The van der Waals surface area contributed by atoms with E-state index in [-0.39, 0.29) is 5.78 Å². The Morgan fingerprint density at radius 2 is 2.12 bits per heavy atom. The molecular weight excluding hydrogens is 212 g/mol. The maximum Gasteiger partial charge on any atom is 0.130 e. The molecule has 1 aliphatic rings. The van der Waals surface area contributed by atoms with Crippen LogP contribution in [0.3, 0.4) is 0 Å². The average molecular weight is 232 g/mol. The van der Waals surface area contributed by atoms with E-state index in [9.17, 15) is 4.79 Å². The van der Waals surface area contributed by atoms with Gasteiger partial charge in [0.1, 0.15) is 11.6 Å². The third kappa shape index (κ3) is 3.62. The first-order valence-electron chi connectivity index (χ1n) is 6.57. The average Bonchev–Trinajstić information content (AvgIpc) is 2.38. The molecule has 3 nitrogen and oxygen atoms in total. The molecule has 2 rings (SSSR count). The molecule has 1 aliphatic carbocycles. The molecule has 92 valence electrons. The van der Waals surface area contributed by atoms with Crippen LogP contribution in [0.4, 0.5) is 0 Å². The summed E-state index contributed by atoms with van der Waals surface area (Å²) < 4.78 is 0. The summed E-state index contributed by atoms with van der Waals surface area (Å²) in [5.74, 6) is 1.64. The number of hydrogen-bond donors (Lipinski definition) is 0. The van der Waals surface area contributed by atoms with Crippen LogP contribution in [0.15, 0.2) is 12.3 Å². The standard InChI is InChI=1S/C14H20N2O/c1-11(17)7-8-14-15-10-9-13(16-14)12-5-3-2-4-6-12/h9-10,12H,2-8H2,1H3. The van der Waals surface area contributed by atoms with Crippen molar-refractivity contribution in [3.05, 3.63) is 23.8 Å². The lowest BCUT2D eigenvalue weighted by Gasteiger charge is -2.21. The molecule has 1 fully saturated rings. The summed E-state index contributed by atoms with van der Waals surface area (Å²) in [7, 11) is 0. The Morgan fingerprint density at radius 3 is 2.82 bits per heavy atom. The first-order chi connectivity index (χ1) is 8.25. The number of Topliss-reactive ketones (excluding diaryl/α,β-unsaturated/α-hetero) is 1. The molecule has 0 unspecified atom stereocenters. The monoisotopic (exact) mass is 232 g/mol. The molecule has 0 spiro atoms. The van der Waals surface area contributed by atoms with Crippen LogP contribution < -0.4 is 0 Å². The Hall–Kier alpha value is -1.25. The fourth-order valence-electron chi connectivity index (χ4n) is 2.45. The predicted octanol–water partition coefficient (Wildman–Crippen LogP) is 3.05. The van der Waals surface area contributed by atoms with Gasteiger partial charge in [-0.1, -0.05) is 19.3 Å². The van der Waals surface area contributed by atoms with Gasteiger partial charge in [0.05, 0.1) is 0 Å². The molecule has 1 heterocycles. The SMILES string of the molecule is CC(=O)CCc1nccc(C2CCCCC2)n1. The van der Waals surface area contributed by atoms with Crippen molar-refractivity contribution in [2.75, 3.05) is 0 Å². The lowest BCUT2D eigenvalue weighted by molar-refractivity contribution is -0.117. The minimum Gasteiger partial charge on any atom is -0.300 e. The highest BCUT2D eigenvalue weighted by Gasteiger charge is 2.17. The smallest absolute Gasteiger partial charge is 0.130 e. The van der Waals surface area contributed by atoms with Crippen LogP contribution in [0, 0.1) is 0 Å². The molecule has 0 aliphatic heterocycles. The summed E-state index contributed by atoms with van der Waals surface area (Å²) in [6.45, 7) is 1.62. The number of carbonyl (C=O) groups is 1. The summed E-state index contributed by atoms with van der Waals surface area (Å²) in [5.41, 5.74) is 1.18. The highest BCUT2D eigenvalue weighted by molar-refractivity contribution is 5.75. The second-order valence-corrected chi connectivity index (χ2v) is 4.93. The van der Waals surface area contributed by atoms with Gasteiger partial charge in [-0.3, -0.25) is 0 Å². The molecule has 0 atom stereocenters. The fourth-order valence-corrected chi connectivity index (χ4v) is 2.45. The lowest BCUT2D eigenvalue weighted by Crippen LogP contribution is -2.09. The highest BCUT2D eigenvalue weighted by Crippen LogP contribution is 2.31. The molecule has 3 heteroatoms. The second-order valence-electron chi connectivity index (χ2n) is 4.93. The molecule has 1 saturated carbocycles. The predicted molar refractivity (Wildman–Crippen MR) is 66.9 cm³/mol. The number of carbonyl (C=O) groups excluding carboxylic acids is 1. The Balaban J connectivity index is 2.02. The highest BCUT2D eigenvalue weighted by atomic mass is 16.1. The normalized spacial score (nSPS) is 17.0. The lowest BCUT2D eigenvalue weighted by atomic mass is 9.87. The zero-order chi connectivity index (χ0) is 12.1. The molecule has 0 aromatic carbocycles. The van der Waals surface area contributed by atoms with E-state index in [2.05, 4.69) is 9.97 Å². The van der Waals surface area contributed by atoms with E-state index < -0.39 is 0 Å². The quantitative estimate of drug-likeness (QED) is 0.801. The van der Waals surface area contributed by atoms with Crippen LogP contribution >= 0.6 is 0 Å².